The molecule has 0 aliphatic carbocycles. The summed E-state index contributed by atoms with van der Waals surface area (Å²) in [6, 6.07) is 36.2. The molecule has 0 atom stereocenters. The quantitative estimate of drug-likeness (QED) is 0.161. The number of Topliss-reactive ketones (excluding diaryl/α,β-unsaturated/α-hetero) is 1. The standard InChI is InChI=1S/C36H37N3O2/c1-3-4-23-39-34(35(31-11-7-5-8-12-31)37-36(39)32-13-9-6-10-14-32)26-38(25-29-17-21-33(41)22-18-29)24-28-15-19-30(20-16-28)27(2)40/h5-22,41H,3-4,23-26H2,1-2H3. The van der Waals surface area contributed by atoms with E-state index in [9.17, 15) is 9.90 Å². The van der Waals surface area contributed by atoms with Gasteiger partial charge in [0.15, 0.2) is 5.78 Å². The zero-order valence-corrected chi connectivity index (χ0v) is 23.8. The van der Waals surface area contributed by atoms with Crippen LogP contribution in [0.2, 0.25) is 0 Å². The van der Waals surface area contributed by atoms with Gasteiger partial charge in [-0.05, 0) is 36.6 Å². The van der Waals surface area contributed by atoms with Crippen LogP contribution in [-0.4, -0.2) is 25.3 Å². The van der Waals surface area contributed by atoms with Crippen LogP contribution in [-0.2, 0) is 26.2 Å². The second kappa shape index (κ2) is 13.2. The van der Waals surface area contributed by atoms with E-state index < -0.39 is 0 Å². The molecule has 0 amide bonds. The van der Waals surface area contributed by atoms with E-state index in [0.29, 0.717) is 19.6 Å². The SMILES string of the molecule is CCCCn1c(-c2ccccc2)nc(-c2ccccc2)c1CN(Cc1ccc(O)cc1)Cc1ccc(C(C)=O)cc1. The second-order valence-electron chi connectivity index (χ2n) is 10.5. The largest absolute Gasteiger partial charge is 0.508 e. The molecule has 5 heteroatoms. The number of benzene rings is 4. The Kier molecular flexibility index (Phi) is 9.07. The molecule has 1 N–H and O–H groups in total. The van der Waals surface area contributed by atoms with Gasteiger partial charge in [0.25, 0.3) is 0 Å². The minimum atomic E-state index is 0.0678. The Balaban J connectivity index is 1.59. The number of ketones is 1. The molecule has 5 rings (SSSR count). The van der Waals surface area contributed by atoms with Gasteiger partial charge in [0.2, 0.25) is 0 Å². The molecule has 1 aromatic heterocycles. The molecule has 1 heterocycles. The number of aromatic hydroxyl groups is 1. The van der Waals surface area contributed by atoms with Crippen LogP contribution in [0.3, 0.4) is 0 Å². The number of rotatable bonds is 12. The molecule has 208 valence electrons. The summed E-state index contributed by atoms with van der Waals surface area (Å²) < 4.78 is 2.41. The first-order chi connectivity index (χ1) is 20.0. The molecule has 5 nitrogen and oxygen atoms in total. The minimum absolute atomic E-state index is 0.0678. The summed E-state index contributed by atoms with van der Waals surface area (Å²) in [6.07, 6.45) is 2.15. The third-order valence-corrected chi connectivity index (χ3v) is 7.37. The van der Waals surface area contributed by atoms with Crippen molar-refractivity contribution < 1.29 is 9.90 Å². The van der Waals surface area contributed by atoms with Crippen LogP contribution >= 0.6 is 0 Å². The van der Waals surface area contributed by atoms with Crippen molar-refractivity contribution in [1.82, 2.24) is 14.5 Å². The topological polar surface area (TPSA) is 58.4 Å². The van der Waals surface area contributed by atoms with Gasteiger partial charge >= 0.3 is 0 Å². The molecule has 0 fully saturated rings. The fraction of sp³-hybridized carbons (Fsp3) is 0.222. The Morgan fingerprint density at radius 1 is 0.756 bits per heavy atom. The van der Waals surface area contributed by atoms with Crippen molar-refractivity contribution in [3.63, 3.8) is 0 Å². The lowest BCUT2D eigenvalue weighted by atomic mass is 10.1. The number of unbranched alkanes of at least 4 members (excludes halogenated alkanes) is 1. The maximum atomic E-state index is 11.9. The van der Waals surface area contributed by atoms with Crippen molar-refractivity contribution in [2.45, 2.75) is 52.9 Å². The molecule has 0 saturated heterocycles. The van der Waals surface area contributed by atoms with E-state index in [4.69, 9.17) is 4.98 Å². The number of carbonyl (C=O) groups excluding carboxylic acids is 1. The highest BCUT2D eigenvalue weighted by Crippen LogP contribution is 2.32. The van der Waals surface area contributed by atoms with E-state index in [2.05, 4.69) is 64.9 Å². The van der Waals surface area contributed by atoms with Crippen LogP contribution in [0.5, 0.6) is 5.75 Å². The van der Waals surface area contributed by atoms with Gasteiger partial charge in [-0.15, -0.1) is 0 Å². The molecule has 0 aliphatic rings. The number of nitrogens with zero attached hydrogens (tertiary/aromatic N) is 3. The summed E-state index contributed by atoms with van der Waals surface area (Å²) in [4.78, 5) is 19.6. The van der Waals surface area contributed by atoms with Gasteiger partial charge < -0.3 is 9.67 Å². The lowest BCUT2D eigenvalue weighted by molar-refractivity contribution is 0.101. The Hall–Kier alpha value is -4.48. The van der Waals surface area contributed by atoms with Gasteiger partial charge in [0, 0.05) is 42.9 Å². The molecule has 41 heavy (non-hydrogen) atoms. The van der Waals surface area contributed by atoms with E-state index in [1.54, 1.807) is 19.1 Å². The molecular weight excluding hydrogens is 506 g/mol. The monoisotopic (exact) mass is 543 g/mol. The number of aromatic nitrogens is 2. The number of phenols is 1. The first-order valence-electron chi connectivity index (χ1n) is 14.3. The highest BCUT2D eigenvalue weighted by molar-refractivity contribution is 5.94. The van der Waals surface area contributed by atoms with Gasteiger partial charge in [0.05, 0.1) is 11.4 Å². The lowest BCUT2D eigenvalue weighted by Crippen LogP contribution is -2.24. The van der Waals surface area contributed by atoms with Crippen LogP contribution < -0.4 is 0 Å². The molecular formula is C36H37N3O2. The highest BCUT2D eigenvalue weighted by Gasteiger charge is 2.22. The van der Waals surface area contributed by atoms with E-state index in [-0.39, 0.29) is 11.5 Å². The highest BCUT2D eigenvalue weighted by atomic mass is 16.3. The predicted molar refractivity (Wildman–Crippen MR) is 166 cm³/mol. The van der Waals surface area contributed by atoms with Gasteiger partial charge in [-0.25, -0.2) is 4.98 Å². The van der Waals surface area contributed by atoms with Crippen molar-refractivity contribution in [1.29, 1.82) is 0 Å². The van der Waals surface area contributed by atoms with Gasteiger partial charge in [0.1, 0.15) is 11.6 Å². The Morgan fingerprint density at radius 2 is 1.32 bits per heavy atom. The average Bonchev–Trinajstić information content (AvgIpc) is 3.36. The van der Waals surface area contributed by atoms with Crippen LogP contribution in [0.1, 0.15) is 53.9 Å². The molecule has 0 spiro atoms. The third-order valence-electron chi connectivity index (χ3n) is 7.37. The molecule has 4 aromatic carbocycles. The molecule has 0 saturated carbocycles. The maximum Gasteiger partial charge on any atom is 0.159 e. The fourth-order valence-electron chi connectivity index (χ4n) is 5.18. The van der Waals surface area contributed by atoms with Crippen LogP contribution in [0, 0.1) is 0 Å². The van der Waals surface area contributed by atoms with E-state index in [0.717, 1.165) is 58.7 Å². The van der Waals surface area contributed by atoms with Crippen LogP contribution in [0.4, 0.5) is 0 Å². The van der Waals surface area contributed by atoms with Gasteiger partial charge in [-0.1, -0.05) is 110 Å². The normalized spacial score (nSPS) is 11.2. The summed E-state index contributed by atoms with van der Waals surface area (Å²) in [7, 11) is 0. The minimum Gasteiger partial charge on any atom is -0.508 e. The molecule has 0 unspecified atom stereocenters. The summed E-state index contributed by atoms with van der Waals surface area (Å²) in [6.45, 7) is 6.78. The number of hydrogen-bond donors (Lipinski definition) is 1. The zero-order valence-electron chi connectivity index (χ0n) is 23.8. The van der Waals surface area contributed by atoms with Crippen molar-refractivity contribution in [2.75, 3.05) is 0 Å². The van der Waals surface area contributed by atoms with E-state index >= 15 is 0 Å². The van der Waals surface area contributed by atoms with E-state index in [1.807, 2.05) is 48.5 Å². The smallest absolute Gasteiger partial charge is 0.159 e. The molecule has 5 aromatic rings. The summed E-state index contributed by atoms with van der Waals surface area (Å²) in [5.41, 5.74) is 7.37. The third kappa shape index (κ3) is 7.00. The Bertz CT molecular complexity index is 1560. The van der Waals surface area contributed by atoms with Crippen LogP contribution in [0.15, 0.2) is 109 Å². The Labute approximate surface area is 242 Å². The Morgan fingerprint density at radius 3 is 1.88 bits per heavy atom. The lowest BCUT2D eigenvalue weighted by Gasteiger charge is -2.25. The number of phenolic OH excluding ortho intramolecular Hbond substituents is 1. The number of imidazole rings is 1. The number of carbonyl (C=O) groups is 1. The van der Waals surface area contributed by atoms with Gasteiger partial charge in [-0.2, -0.15) is 0 Å². The van der Waals surface area contributed by atoms with Gasteiger partial charge in [-0.3, -0.25) is 9.69 Å². The van der Waals surface area contributed by atoms with Crippen molar-refractivity contribution in [3.05, 3.63) is 132 Å². The average molecular weight is 544 g/mol. The first-order valence-corrected chi connectivity index (χ1v) is 14.3. The zero-order chi connectivity index (χ0) is 28.6. The number of hydrogen-bond acceptors (Lipinski definition) is 4. The first kappa shape index (κ1) is 28.1. The second-order valence-corrected chi connectivity index (χ2v) is 10.5. The van der Waals surface area contributed by atoms with Crippen molar-refractivity contribution in [3.8, 4) is 28.4 Å². The van der Waals surface area contributed by atoms with Crippen molar-refractivity contribution >= 4 is 5.78 Å². The summed E-state index contributed by atoms with van der Waals surface area (Å²) in [5, 5.41) is 9.87. The fourth-order valence-corrected chi connectivity index (χ4v) is 5.18. The summed E-state index contributed by atoms with van der Waals surface area (Å²) >= 11 is 0. The molecule has 0 aliphatic heterocycles. The predicted octanol–water partition coefficient (Wildman–Crippen LogP) is 8.13. The molecule has 0 radical (unpaired) electrons. The summed E-state index contributed by atoms with van der Waals surface area (Å²) in [5.74, 6) is 1.32. The van der Waals surface area contributed by atoms with E-state index in [1.165, 1.54) is 5.69 Å². The van der Waals surface area contributed by atoms with Crippen LogP contribution in [0.25, 0.3) is 22.6 Å². The van der Waals surface area contributed by atoms with Crippen molar-refractivity contribution in [2.24, 2.45) is 0 Å². The maximum absolute atomic E-state index is 11.9. The molecule has 0 bridgehead atoms.